The average Bonchev–Trinajstić information content (AvgIpc) is 2.27. The number of hydrogen-bond acceptors (Lipinski definition) is 1. The Kier molecular flexibility index (Phi) is 8.33. The minimum absolute atomic E-state index is 0.123. The summed E-state index contributed by atoms with van der Waals surface area (Å²) in [7, 11) is 0. The van der Waals surface area contributed by atoms with Crippen LogP contribution in [0.15, 0.2) is 24.8 Å². The molecule has 0 rings (SSSR count). The molecule has 0 aromatic rings. The molecule has 0 aliphatic heterocycles. The summed E-state index contributed by atoms with van der Waals surface area (Å²) >= 11 is 0. The molecule has 0 bridgehead atoms. The van der Waals surface area contributed by atoms with E-state index in [0.717, 1.165) is 30.3 Å². The van der Waals surface area contributed by atoms with E-state index in [9.17, 15) is 5.11 Å². The van der Waals surface area contributed by atoms with Crippen LogP contribution in [-0.4, -0.2) is 10.7 Å². The molecule has 1 N–H and O–H groups in total. The van der Waals surface area contributed by atoms with Gasteiger partial charge in [-0.3, -0.25) is 0 Å². The molecular weight excluding hydrogens is 232 g/mol. The van der Waals surface area contributed by atoms with Crippen molar-refractivity contribution in [2.45, 2.75) is 72.3 Å². The predicted octanol–water partition coefficient (Wildman–Crippen LogP) is 5.36. The van der Waals surface area contributed by atoms with E-state index in [4.69, 9.17) is 0 Å². The van der Waals surface area contributed by atoms with Gasteiger partial charge >= 0.3 is 0 Å². The van der Waals surface area contributed by atoms with Crippen LogP contribution >= 0.6 is 0 Å². The first-order valence-corrected chi connectivity index (χ1v) is 7.72. The molecule has 0 aromatic heterocycles. The van der Waals surface area contributed by atoms with Crippen molar-refractivity contribution in [1.82, 2.24) is 0 Å². The smallest absolute Gasteiger partial charge is 0.0861 e. The summed E-state index contributed by atoms with van der Waals surface area (Å²) in [6.07, 6.45) is 7.72. The van der Waals surface area contributed by atoms with E-state index in [0.29, 0.717) is 0 Å². The van der Waals surface area contributed by atoms with Crippen molar-refractivity contribution >= 4 is 0 Å². The highest BCUT2D eigenvalue weighted by molar-refractivity contribution is 5.10. The molecule has 0 fully saturated rings. The fourth-order valence-corrected chi connectivity index (χ4v) is 2.65. The van der Waals surface area contributed by atoms with Crippen molar-refractivity contribution in [2.24, 2.45) is 17.8 Å². The summed E-state index contributed by atoms with van der Waals surface area (Å²) in [6.45, 7) is 18.5. The first kappa shape index (κ1) is 18.4. The van der Waals surface area contributed by atoms with E-state index in [1.54, 1.807) is 6.08 Å². The maximum Gasteiger partial charge on any atom is 0.0861 e. The zero-order chi connectivity index (χ0) is 15.1. The molecule has 112 valence electrons. The molecule has 0 aliphatic rings. The second-order valence-electron chi connectivity index (χ2n) is 6.84. The minimum atomic E-state index is -0.830. The van der Waals surface area contributed by atoms with Crippen molar-refractivity contribution in [3.63, 3.8) is 0 Å². The van der Waals surface area contributed by atoms with Crippen LogP contribution < -0.4 is 0 Å². The number of aliphatic hydroxyl groups is 1. The van der Waals surface area contributed by atoms with Gasteiger partial charge in [-0.05, 0) is 32.1 Å². The largest absolute Gasteiger partial charge is 0.385 e. The van der Waals surface area contributed by atoms with Gasteiger partial charge in [0, 0.05) is 5.92 Å². The van der Waals surface area contributed by atoms with Crippen LogP contribution in [0.1, 0.15) is 66.7 Å². The predicted molar refractivity (Wildman–Crippen MR) is 86.2 cm³/mol. The highest BCUT2D eigenvalue weighted by atomic mass is 16.3. The van der Waals surface area contributed by atoms with Gasteiger partial charge < -0.3 is 5.11 Å². The average molecular weight is 266 g/mol. The Bertz CT molecular complexity index is 275. The van der Waals surface area contributed by atoms with Gasteiger partial charge in [0.25, 0.3) is 0 Å². The van der Waals surface area contributed by atoms with E-state index < -0.39 is 5.60 Å². The zero-order valence-electron chi connectivity index (χ0n) is 13.7. The van der Waals surface area contributed by atoms with Gasteiger partial charge in [-0.1, -0.05) is 64.7 Å². The molecule has 1 heteroatoms. The van der Waals surface area contributed by atoms with Gasteiger partial charge in [0.1, 0.15) is 0 Å². The molecule has 0 aliphatic carbocycles. The summed E-state index contributed by atoms with van der Waals surface area (Å²) in [5.41, 5.74) is 0.225. The van der Waals surface area contributed by atoms with Gasteiger partial charge in [0.15, 0.2) is 0 Å². The quantitative estimate of drug-likeness (QED) is 0.528. The molecule has 0 amide bonds. The maximum atomic E-state index is 10.3. The molecule has 19 heavy (non-hydrogen) atoms. The minimum Gasteiger partial charge on any atom is -0.385 e. The highest BCUT2D eigenvalue weighted by Crippen LogP contribution is 2.31. The van der Waals surface area contributed by atoms with Crippen LogP contribution in [0.4, 0.5) is 0 Å². The fourth-order valence-electron chi connectivity index (χ4n) is 2.65. The second-order valence-corrected chi connectivity index (χ2v) is 6.84. The summed E-state index contributed by atoms with van der Waals surface area (Å²) < 4.78 is 0. The van der Waals surface area contributed by atoms with Crippen molar-refractivity contribution in [3.05, 3.63) is 24.8 Å². The Morgan fingerprint density at radius 3 is 2.16 bits per heavy atom. The van der Waals surface area contributed by atoms with E-state index >= 15 is 0 Å². The molecule has 0 radical (unpaired) electrons. The number of hydrogen-bond donors (Lipinski definition) is 1. The Balaban J connectivity index is 4.19. The van der Waals surface area contributed by atoms with E-state index in [1.807, 2.05) is 13.8 Å². The lowest BCUT2D eigenvalue weighted by Gasteiger charge is -2.31. The first-order valence-electron chi connectivity index (χ1n) is 7.72. The van der Waals surface area contributed by atoms with E-state index in [-0.39, 0.29) is 5.92 Å². The molecule has 0 saturated heterocycles. The SMILES string of the molecule is C=CC(C)(O)C(CCC(C)CCCC(C)C)C(=C)C. The van der Waals surface area contributed by atoms with E-state index in [2.05, 4.69) is 33.9 Å². The lowest BCUT2D eigenvalue weighted by molar-refractivity contribution is 0.0560. The Morgan fingerprint density at radius 1 is 1.16 bits per heavy atom. The van der Waals surface area contributed by atoms with Crippen LogP contribution in [0.25, 0.3) is 0 Å². The standard InChI is InChI=1S/C18H34O/c1-8-18(7,19)17(15(4)5)13-12-16(6)11-9-10-14(2)3/h8,14,16-17,19H,1,4,9-13H2,2-3,5-7H3. The summed E-state index contributed by atoms with van der Waals surface area (Å²) in [5.74, 6) is 1.65. The molecule has 0 saturated carbocycles. The first-order chi connectivity index (χ1) is 8.70. The summed E-state index contributed by atoms with van der Waals surface area (Å²) in [6, 6.07) is 0. The normalized spacial score (nSPS) is 17.8. The van der Waals surface area contributed by atoms with Gasteiger partial charge in [0.05, 0.1) is 5.60 Å². The van der Waals surface area contributed by atoms with Crippen LogP contribution in [0.3, 0.4) is 0 Å². The van der Waals surface area contributed by atoms with Crippen LogP contribution in [0.2, 0.25) is 0 Å². The van der Waals surface area contributed by atoms with Crippen molar-refractivity contribution < 1.29 is 5.11 Å². The van der Waals surface area contributed by atoms with Crippen molar-refractivity contribution in [1.29, 1.82) is 0 Å². The third kappa shape index (κ3) is 7.57. The van der Waals surface area contributed by atoms with Crippen molar-refractivity contribution in [3.8, 4) is 0 Å². The molecule has 3 unspecified atom stereocenters. The van der Waals surface area contributed by atoms with E-state index in [1.165, 1.54) is 19.3 Å². The lowest BCUT2D eigenvalue weighted by Crippen LogP contribution is -2.33. The maximum absolute atomic E-state index is 10.3. The van der Waals surface area contributed by atoms with Crippen LogP contribution in [0.5, 0.6) is 0 Å². The summed E-state index contributed by atoms with van der Waals surface area (Å²) in [5, 5.41) is 10.3. The van der Waals surface area contributed by atoms with Gasteiger partial charge in [-0.2, -0.15) is 0 Å². The van der Waals surface area contributed by atoms with Gasteiger partial charge in [0.2, 0.25) is 0 Å². The summed E-state index contributed by atoms with van der Waals surface area (Å²) in [4.78, 5) is 0. The third-order valence-electron chi connectivity index (χ3n) is 4.14. The third-order valence-corrected chi connectivity index (χ3v) is 4.14. The molecule has 3 atom stereocenters. The lowest BCUT2D eigenvalue weighted by atomic mass is 9.79. The number of rotatable bonds is 10. The monoisotopic (exact) mass is 266 g/mol. The molecule has 0 heterocycles. The fraction of sp³-hybridized carbons (Fsp3) is 0.778. The molecule has 0 spiro atoms. The molecule has 0 aromatic carbocycles. The Labute approximate surface area is 120 Å². The molecule has 1 nitrogen and oxygen atoms in total. The van der Waals surface area contributed by atoms with Gasteiger partial charge in [-0.25, -0.2) is 0 Å². The molecular formula is C18H34O. The van der Waals surface area contributed by atoms with Crippen LogP contribution in [-0.2, 0) is 0 Å². The Hall–Kier alpha value is -0.560. The van der Waals surface area contributed by atoms with Crippen molar-refractivity contribution in [2.75, 3.05) is 0 Å². The highest BCUT2D eigenvalue weighted by Gasteiger charge is 2.29. The second kappa shape index (κ2) is 8.58. The topological polar surface area (TPSA) is 20.2 Å². The van der Waals surface area contributed by atoms with Gasteiger partial charge in [-0.15, -0.1) is 6.58 Å². The van der Waals surface area contributed by atoms with Crippen LogP contribution in [0, 0.1) is 17.8 Å². The Morgan fingerprint density at radius 2 is 1.74 bits per heavy atom. The zero-order valence-corrected chi connectivity index (χ0v) is 13.7.